The van der Waals surface area contributed by atoms with Gasteiger partial charge in [-0.1, -0.05) is 0 Å². The number of hydrogen-bond donors (Lipinski definition) is 3. The van der Waals surface area contributed by atoms with Gasteiger partial charge in [-0.3, -0.25) is 4.79 Å². The summed E-state index contributed by atoms with van der Waals surface area (Å²) < 4.78 is 38.7. The predicted octanol–water partition coefficient (Wildman–Crippen LogP) is -2.26. The second-order valence-corrected chi connectivity index (χ2v) is 6.15. The fraction of sp³-hybridized carbons (Fsp3) is 0.133. The van der Waals surface area contributed by atoms with Crippen LogP contribution in [0.2, 0.25) is 0 Å². The van der Waals surface area contributed by atoms with Crippen molar-refractivity contribution >= 4 is 15.9 Å². The summed E-state index contributed by atoms with van der Waals surface area (Å²) in [5.41, 5.74) is -1.06. The molecule has 0 bridgehead atoms. The molecule has 8 nitrogen and oxygen atoms in total. The molecule has 10 heteroatoms. The van der Waals surface area contributed by atoms with Crippen molar-refractivity contribution in [3.8, 4) is 17.2 Å². The SMILES string of the molecule is COc1ccc(C(=O)c2cc(S(=O)(=O)[O-])c(CO)cc2O)c(O)c1.[Na+]. The Morgan fingerprint density at radius 1 is 1.12 bits per heavy atom. The van der Waals surface area contributed by atoms with Crippen molar-refractivity contribution in [2.75, 3.05) is 7.11 Å². The summed E-state index contributed by atoms with van der Waals surface area (Å²) in [5, 5.41) is 28.9. The molecule has 128 valence electrons. The first kappa shape index (κ1) is 21.4. The maximum absolute atomic E-state index is 12.4. The van der Waals surface area contributed by atoms with E-state index in [1.807, 2.05) is 0 Å². The van der Waals surface area contributed by atoms with Gasteiger partial charge in [-0.15, -0.1) is 0 Å². The van der Waals surface area contributed by atoms with Crippen molar-refractivity contribution in [3.63, 3.8) is 0 Å². The molecule has 2 aromatic rings. The average molecular weight is 376 g/mol. The molecule has 25 heavy (non-hydrogen) atoms. The summed E-state index contributed by atoms with van der Waals surface area (Å²) >= 11 is 0. The Hall–Kier alpha value is -1.62. The summed E-state index contributed by atoms with van der Waals surface area (Å²) in [5.74, 6) is -1.70. The van der Waals surface area contributed by atoms with Gasteiger partial charge in [-0.25, -0.2) is 8.42 Å². The van der Waals surface area contributed by atoms with E-state index in [9.17, 15) is 28.0 Å². The number of carbonyl (C=O) groups excluding carboxylic acids is 1. The Balaban J connectivity index is 0.00000312. The van der Waals surface area contributed by atoms with Gasteiger partial charge in [0.2, 0.25) is 5.78 Å². The average Bonchev–Trinajstić information content (AvgIpc) is 2.52. The zero-order valence-electron chi connectivity index (χ0n) is 13.4. The van der Waals surface area contributed by atoms with Crippen LogP contribution in [-0.2, 0) is 16.7 Å². The zero-order valence-corrected chi connectivity index (χ0v) is 16.2. The molecule has 0 fully saturated rings. The van der Waals surface area contributed by atoms with E-state index in [2.05, 4.69) is 0 Å². The van der Waals surface area contributed by atoms with Crippen molar-refractivity contribution in [1.29, 1.82) is 0 Å². The summed E-state index contributed by atoms with van der Waals surface area (Å²) in [6, 6.07) is 5.27. The molecular formula is C15H13NaO8S. The van der Waals surface area contributed by atoms with Gasteiger partial charge in [0, 0.05) is 6.07 Å². The van der Waals surface area contributed by atoms with Crippen LogP contribution in [-0.4, -0.2) is 41.2 Å². The topological polar surface area (TPSA) is 144 Å². The van der Waals surface area contributed by atoms with Crippen molar-refractivity contribution < 1.29 is 67.4 Å². The Morgan fingerprint density at radius 2 is 1.72 bits per heavy atom. The van der Waals surface area contributed by atoms with Crippen molar-refractivity contribution in [3.05, 3.63) is 47.0 Å². The van der Waals surface area contributed by atoms with Gasteiger partial charge in [0.15, 0.2) is 0 Å². The standard InChI is InChI=1S/C15H14O8S.Na/c1-23-9-2-3-10(13(18)5-9)15(19)11-6-14(24(20,21)22)8(7-16)4-12(11)17;/h2-6,16-18H,7H2,1H3,(H,20,21,22);/q;+1/p-1. The van der Waals surface area contributed by atoms with E-state index in [0.717, 1.165) is 12.1 Å². The van der Waals surface area contributed by atoms with Crippen LogP contribution in [0.3, 0.4) is 0 Å². The van der Waals surface area contributed by atoms with Crippen LogP contribution in [0.4, 0.5) is 0 Å². The van der Waals surface area contributed by atoms with E-state index in [1.165, 1.54) is 19.2 Å². The molecule has 0 aromatic heterocycles. The number of phenols is 2. The van der Waals surface area contributed by atoms with Gasteiger partial charge in [0.05, 0.1) is 29.7 Å². The molecule has 0 atom stereocenters. The monoisotopic (exact) mass is 376 g/mol. The number of aliphatic hydroxyl groups excluding tert-OH is 1. The second kappa shape index (κ2) is 8.17. The van der Waals surface area contributed by atoms with E-state index < -0.39 is 44.5 Å². The molecule has 0 aliphatic rings. The van der Waals surface area contributed by atoms with Crippen LogP contribution < -0.4 is 34.3 Å². The van der Waals surface area contributed by atoms with E-state index in [4.69, 9.17) is 9.84 Å². The van der Waals surface area contributed by atoms with Gasteiger partial charge in [-0.2, -0.15) is 0 Å². The third-order valence-corrected chi connectivity index (χ3v) is 4.23. The number of aromatic hydroxyl groups is 2. The fourth-order valence-corrected chi connectivity index (χ4v) is 2.83. The number of aliphatic hydroxyl groups is 1. The molecule has 0 amide bonds. The quantitative estimate of drug-likeness (QED) is 0.301. The fourth-order valence-electron chi connectivity index (χ4n) is 2.13. The van der Waals surface area contributed by atoms with E-state index in [-0.39, 0.29) is 46.4 Å². The molecule has 2 rings (SSSR count). The first-order valence-electron chi connectivity index (χ1n) is 6.53. The molecule has 0 heterocycles. The first-order valence-corrected chi connectivity index (χ1v) is 7.94. The summed E-state index contributed by atoms with van der Waals surface area (Å²) in [6.07, 6.45) is 0. The van der Waals surface area contributed by atoms with Gasteiger partial charge in [0.25, 0.3) is 0 Å². The van der Waals surface area contributed by atoms with Crippen LogP contribution in [0, 0.1) is 0 Å². The molecule has 0 spiro atoms. The number of rotatable bonds is 5. The minimum atomic E-state index is -4.98. The number of ketones is 1. The Labute approximate surface area is 165 Å². The van der Waals surface area contributed by atoms with E-state index in [0.29, 0.717) is 6.07 Å². The minimum absolute atomic E-state index is 0. The summed E-state index contributed by atoms with van der Waals surface area (Å²) in [4.78, 5) is 11.6. The maximum Gasteiger partial charge on any atom is 1.00 e. The Bertz CT molecular complexity index is 908. The normalized spacial score (nSPS) is 10.8. The van der Waals surface area contributed by atoms with Crippen LogP contribution in [0.15, 0.2) is 35.2 Å². The van der Waals surface area contributed by atoms with Crippen LogP contribution >= 0.6 is 0 Å². The zero-order chi connectivity index (χ0) is 18.1. The van der Waals surface area contributed by atoms with Gasteiger partial charge in [-0.05, 0) is 29.8 Å². The Kier molecular flexibility index (Phi) is 7.00. The molecular weight excluding hydrogens is 363 g/mol. The van der Waals surface area contributed by atoms with Gasteiger partial charge >= 0.3 is 29.6 Å². The number of benzene rings is 2. The first-order chi connectivity index (χ1) is 11.2. The number of methoxy groups -OCH3 is 1. The third-order valence-electron chi connectivity index (χ3n) is 3.31. The van der Waals surface area contributed by atoms with Crippen molar-refractivity contribution in [2.45, 2.75) is 11.5 Å². The van der Waals surface area contributed by atoms with Crippen LogP contribution in [0.1, 0.15) is 21.5 Å². The minimum Gasteiger partial charge on any atom is -0.744 e. The molecule has 0 unspecified atom stereocenters. The number of phenolic OH excluding ortho intramolecular Hbond substituents is 2. The third kappa shape index (κ3) is 4.51. The predicted molar refractivity (Wildman–Crippen MR) is 80.1 cm³/mol. The smallest absolute Gasteiger partial charge is 0.744 e. The molecule has 0 saturated heterocycles. The van der Waals surface area contributed by atoms with E-state index in [1.54, 1.807) is 0 Å². The molecule has 0 aliphatic carbocycles. The second-order valence-electron chi connectivity index (χ2n) is 4.80. The Morgan fingerprint density at radius 3 is 2.20 bits per heavy atom. The van der Waals surface area contributed by atoms with Crippen molar-refractivity contribution in [1.82, 2.24) is 0 Å². The van der Waals surface area contributed by atoms with E-state index >= 15 is 0 Å². The van der Waals surface area contributed by atoms with Crippen molar-refractivity contribution in [2.24, 2.45) is 0 Å². The number of hydrogen-bond acceptors (Lipinski definition) is 8. The van der Waals surface area contributed by atoms with Crippen LogP contribution in [0.5, 0.6) is 17.2 Å². The summed E-state index contributed by atoms with van der Waals surface area (Å²) in [6.45, 7) is -0.813. The molecule has 2 aromatic carbocycles. The molecule has 0 saturated carbocycles. The number of carbonyl (C=O) groups is 1. The summed E-state index contributed by atoms with van der Waals surface area (Å²) in [7, 11) is -3.61. The van der Waals surface area contributed by atoms with Gasteiger partial charge in [0.1, 0.15) is 27.4 Å². The molecule has 3 N–H and O–H groups in total. The number of ether oxygens (including phenoxy) is 1. The van der Waals surface area contributed by atoms with Crippen LogP contribution in [0.25, 0.3) is 0 Å². The van der Waals surface area contributed by atoms with Gasteiger partial charge < -0.3 is 24.6 Å². The molecule has 0 radical (unpaired) electrons. The molecule has 0 aliphatic heterocycles. The maximum atomic E-state index is 12.4. The largest absolute Gasteiger partial charge is 1.00 e.